The Hall–Kier alpha value is -2.81. The summed E-state index contributed by atoms with van der Waals surface area (Å²) in [5.41, 5.74) is 0.708. The summed E-state index contributed by atoms with van der Waals surface area (Å²) in [6, 6.07) is 4.13. The van der Waals surface area contributed by atoms with Gasteiger partial charge < -0.3 is 10.0 Å². The molecule has 7 nitrogen and oxygen atoms in total. The Kier molecular flexibility index (Phi) is 5.80. The van der Waals surface area contributed by atoms with Gasteiger partial charge in [0.1, 0.15) is 0 Å². The van der Waals surface area contributed by atoms with Crippen molar-refractivity contribution >= 4 is 11.9 Å². The van der Waals surface area contributed by atoms with Gasteiger partial charge in [-0.05, 0) is 6.07 Å². The largest absolute Gasteiger partial charge is 0.481 e. The summed E-state index contributed by atoms with van der Waals surface area (Å²) in [4.78, 5) is 26.8. The highest BCUT2D eigenvalue weighted by Gasteiger charge is 2.24. The van der Waals surface area contributed by atoms with Crippen LogP contribution in [-0.4, -0.2) is 62.7 Å². The van der Waals surface area contributed by atoms with Crippen LogP contribution in [0, 0.1) is 11.6 Å². The Bertz CT molecular complexity index is 832. The summed E-state index contributed by atoms with van der Waals surface area (Å²) < 4.78 is 28.5. The van der Waals surface area contributed by atoms with Gasteiger partial charge in [-0.1, -0.05) is 12.1 Å². The number of carboxylic acids is 1. The lowest BCUT2D eigenvalue weighted by molar-refractivity contribution is -0.137. The third kappa shape index (κ3) is 4.68. The normalized spacial score (nSPS) is 15.1. The summed E-state index contributed by atoms with van der Waals surface area (Å²) >= 11 is 0. The van der Waals surface area contributed by atoms with Crippen LogP contribution in [0.3, 0.4) is 0 Å². The predicted octanol–water partition coefficient (Wildman–Crippen LogP) is 1.59. The third-order valence-corrected chi connectivity index (χ3v) is 4.52. The van der Waals surface area contributed by atoms with Crippen molar-refractivity contribution in [2.75, 3.05) is 26.2 Å². The number of amides is 1. The summed E-state index contributed by atoms with van der Waals surface area (Å²) in [5, 5.41) is 12.7. The maximum atomic E-state index is 13.8. The smallest absolute Gasteiger partial charge is 0.305 e. The number of hydrogen-bond donors (Lipinski definition) is 1. The van der Waals surface area contributed by atoms with E-state index in [0.29, 0.717) is 43.9 Å². The van der Waals surface area contributed by atoms with Crippen molar-refractivity contribution in [1.29, 1.82) is 0 Å². The average Bonchev–Trinajstić information content (AvgIpc) is 3.13. The van der Waals surface area contributed by atoms with Gasteiger partial charge in [0.2, 0.25) is 0 Å². The molecule has 27 heavy (non-hydrogen) atoms. The van der Waals surface area contributed by atoms with Crippen molar-refractivity contribution in [2.24, 2.45) is 0 Å². The zero-order valence-electron chi connectivity index (χ0n) is 14.6. The van der Waals surface area contributed by atoms with E-state index in [9.17, 15) is 18.4 Å². The fourth-order valence-electron chi connectivity index (χ4n) is 3.01. The van der Waals surface area contributed by atoms with Gasteiger partial charge in [0.15, 0.2) is 11.6 Å². The van der Waals surface area contributed by atoms with Gasteiger partial charge in [-0.15, -0.1) is 0 Å². The van der Waals surface area contributed by atoms with Gasteiger partial charge in [-0.2, -0.15) is 5.10 Å². The molecular weight excluding hydrogens is 358 g/mol. The molecule has 1 N–H and O–H groups in total. The lowest BCUT2D eigenvalue weighted by atomic mass is 10.1. The van der Waals surface area contributed by atoms with E-state index < -0.39 is 17.6 Å². The molecule has 144 valence electrons. The van der Waals surface area contributed by atoms with Crippen molar-refractivity contribution in [1.82, 2.24) is 19.6 Å². The van der Waals surface area contributed by atoms with Crippen molar-refractivity contribution in [2.45, 2.75) is 19.5 Å². The van der Waals surface area contributed by atoms with Gasteiger partial charge in [-0.25, -0.2) is 8.78 Å². The first kappa shape index (κ1) is 19.0. The maximum absolute atomic E-state index is 13.8. The van der Waals surface area contributed by atoms with Crippen molar-refractivity contribution in [3.8, 4) is 0 Å². The Morgan fingerprint density at radius 1 is 1.15 bits per heavy atom. The van der Waals surface area contributed by atoms with Crippen LogP contribution >= 0.6 is 0 Å². The van der Waals surface area contributed by atoms with Crippen LogP contribution in [0.4, 0.5) is 8.78 Å². The van der Waals surface area contributed by atoms with E-state index in [4.69, 9.17) is 5.11 Å². The Balaban J connectivity index is 1.53. The molecule has 0 aliphatic carbocycles. The second-order valence-electron chi connectivity index (χ2n) is 6.42. The molecule has 0 spiro atoms. The summed E-state index contributed by atoms with van der Waals surface area (Å²) in [6.07, 6.45) is 2.91. The number of carbonyl (C=O) groups excluding carboxylic acids is 1. The number of nitrogens with zero attached hydrogens (tertiary/aromatic N) is 4. The van der Waals surface area contributed by atoms with Crippen LogP contribution in [0.5, 0.6) is 0 Å². The number of aliphatic carboxylic acids is 1. The molecule has 1 aliphatic heterocycles. The summed E-state index contributed by atoms with van der Waals surface area (Å²) in [7, 11) is 0. The Morgan fingerprint density at radius 2 is 1.89 bits per heavy atom. The highest BCUT2D eigenvalue weighted by molar-refractivity contribution is 5.93. The van der Waals surface area contributed by atoms with Crippen LogP contribution in [0.2, 0.25) is 0 Å². The second-order valence-corrected chi connectivity index (χ2v) is 6.42. The lowest BCUT2D eigenvalue weighted by Gasteiger charge is -2.34. The van der Waals surface area contributed by atoms with Gasteiger partial charge in [-0.3, -0.25) is 19.2 Å². The van der Waals surface area contributed by atoms with E-state index in [-0.39, 0.29) is 18.9 Å². The van der Waals surface area contributed by atoms with E-state index in [1.165, 1.54) is 16.9 Å². The number of carboxylic acid groups (broad SMARTS) is 1. The summed E-state index contributed by atoms with van der Waals surface area (Å²) in [5.74, 6) is -2.79. The van der Waals surface area contributed by atoms with E-state index in [1.54, 1.807) is 17.2 Å². The molecule has 2 heterocycles. The molecule has 1 fully saturated rings. The summed E-state index contributed by atoms with van der Waals surface area (Å²) in [6.45, 7) is 2.53. The number of rotatable bonds is 6. The topological polar surface area (TPSA) is 78.7 Å². The van der Waals surface area contributed by atoms with Crippen molar-refractivity contribution < 1.29 is 23.5 Å². The van der Waals surface area contributed by atoms with E-state index in [1.807, 2.05) is 4.90 Å². The van der Waals surface area contributed by atoms with Crippen LogP contribution in [-0.2, 0) is 17.9 Å². The molecule has 2 aromatic rings. The van der Waals surface area contributed by atoms with Crippen molar-refractivity contribution in [3.05, 3.63) is 53.4 Å². The van der Waals surface area contributed by atoms with Crippen LogP contribution in [0.15, 0.2) is 30.6 Å². The molecule has 0 saturated carbocycles. The number of piperazine rings is 1. The molecule has 1 saturated heterocycles. The molecule has 0 unspecified atom stereocenters. The van der Waals surface area contributed by atoms with E-state index in [0.717, 1.165) is 6.07 Å². The fourth-order valence-corrected chi connectivity index (χ4v) is 3.01. The molecule has 3 rings (SSSR count). The fraction of sp³-hybridized carbons (Fsp3) is 0.389. The first-order chi connectivity index (χ1) is 12.9. The minimum atomic E-state index is -0.927. The number of aryl methyl sites for hydroxylation is 1. The number of halogens is 2. The first-order valence-electron chi connectivity index (χ1n) is 8.63. The standard InChI is InChI=1S/C18H20F2N4O3/c19-15-3-1-2-13(17(15)20)11-22-6-8-23(9-7-22)18(27)14-10-21-24(12-14)5-4-16(25)26/h1-3,10,12H,4-9,11H2,(H,25,26). The van der Waals surface area contributed by atoms with Gasteiger partial charge >= 0.3 is 5.97 Å². The molecule has 9 heteroatoms. The molecule has 1 amide bonds. The number of benzene rings is 1. The predicted molar refractivity (Wildman–Crippen MR) is 92.0 cm³/mol. The molecule has 0 bridgehead atoms. The van der Waals surface area contributed by atoms with Gasteiger partial charge in [0, 0.05) is 44.5 Å². The minimum Gasteiger partial charge on any atom is -0.481 e. The lowest BCUT2D eigenvalue weighted by Crippen LogP contribution is -2.48. The quantitative estimate of drug-likeness (QED) is 0.826. The highest BCUT2D eigenvalue weighted by atomic mass is 19.2. The maximum Gasteiger partial charge on any atom is 0.305 e. The first-order valence-corrected chi connectivity index (χ1v) is 8.63. The van der Waals surface area contributed by atoms with Crippen molar-refractivity contribution in [3.63, 3.8) is 0 Å². The zero-order valence-corrected chi connectivity index (χ0v) is 14.6. The molecule has 0 radical (unpaired) electrons. The highest BCUT2D eigenvalue weighted by Crippen LogP contribution is 2.16. The van der Waals surface area contributed by atoms with E-state index >= 15 is 0 Å². The van der Waals surface area contributed by atoms with Crippen LogP contribution < -0.4 is 0 Å². The third-order valence-electron chi connectivity index (χ3n) is 4.52. The van der Waals surface area contributed by atoms with Crippen LogP contribution in [0.25, 0.3) is 0 Å². The SMILES string of the molecule is O=C(O)CCn1cc(C(=O)N2CCN(Cc3cccc(F)c3F)CC2)cn1. The van der Waals surface area contributed by atoms with E-state index in [2.05, 4.69) is 5.10 Å². The Morgan fingerprint density at radius 3 is 2.59 bits per heavy atom. The molecule has 1 aliphatic rings. The monoisotopic (exact) mass is 378 g/mol. The minimum absolute atomic E-state index is 0.0649. The zero-order chi connectivity index (χ0) is 19.4. The van der Waals surface area contributed by atoms with Gasteiger partial charge in [0.25, 0.3) is 5.91 Å². The van der Waals surface area contributed by atoms with Crippen LogP contribution in [0.1, 0.15) is 22.3 Å². The number of hydrogen-bond acceptors (Lipinski definition) is 4. The molecular formula is C18H20F2N4O3. The molecule has 0 atom stereocenters. The number of carbonyl (C=O) groups is 2. The Labute approximate surface area is 154 Å². The average molecular weight is 378 g/mol. The molecule has 1 aromatic heterocycles. The second kappa shape index (κ2) is 8.26. The molecule has 1 aromatic carbocycles. The van der Waals surface area contributed by atoms with Gasteiger partial charge in [0.05, 0.1) is 24.7 Å². The number of aromatic nitrogens is 2.